The first-order valence-corrected chi connectivity index (χ1v) is 34.3. The first-order valence-electron chi connectivity index (χ1n) is 31.9. The number of H-pyrrole nitrogens is 1. The van der Waals surface area contributed by atoms with Crippen molar-refractivity contribution in [3.05, 3.63) is 273 Å². The zero-order chi connectivity index (χ0) is 69.4. The first-order chi connectivity index (χ1) is 46.5. The second-order valence-electron chi connectivity index (χ2n) is 24.9. The minimum Gasteiger partial charge on any atom is -0.360 e. The highest BCUT2D eigenvalue weighted by Gasteiger charge is 2.40. The van der Waals surface area contributed by atoms with E-state index in [1.165, 1.54) is 77.3 Å². The Morgan fingerprint density at radius 2 is 0.835 bits per heavy atom. The van der Waals surface area contributed by atoms with E-state index in [0.29, 0.717) is 69.2 Å². The number of Topliss-reactive ketones (excluding diaryl/α,β-unsaturated/α-hetero) is 2. The second kappa shape index (κ2) is 30.7. The molecular formula is C76H79Cl2N10O8P. The smallest absolute Gasteiger partial charge is 0.294 e. The Morgan fingerprint density at radius 1 is 0.485 bits per heavy atom. The van der Waals surface area contributed by atoms with Crippen LogP contribution in [0.15, 0.2) is 219 Å². The summed E-state index contributed by atoms with van der Waals surface area (Å²) in [6.45, 7) is 10.7. The number of carbonyl (C=O) groups is 6. The highest BCUT2D eigenvalue weighted by Crippen LogP contribution is 2.43. The topological polar surface area (TPSA) is 221 Å². The zero-order valence-corrected chi connectivity index (χ0v) is 57.7. The molecule has 0 bridgehead atoms. The molecule has 2 saturated heterocycles. The average Bonchev–Trinajstić information content (AvgIpc) is 1.51. The van der Waals surface area contributed by atoms with Gasteiger partial charge in [0.1, 0.15) is 0 Å². The number of carbonyl (C=O) groups excluding carboxylic acids is 6. The van der Waals surface area contributed by atoms with Crippen LogP contribution in [0.25, 0.3) is 21.8 Å². The van der Waals surface area contributed by atoms with E-state index in [1.54, 1.807) is 48.5 Å². The number of nitrogen functional groups attached to an aromatic ring is 1. The van der Waals surface area contributed by atoms with Crippen LogP contribution in [0.1, 0.15) is 103 Å². The number of piperazine rings is 2. The van der Waals surface area contributed by atoms with Gasteiger partial charge in [-0.1, -0.05) is 181 Å². The quantitative estimate of drug-likeness (QED) is 0.0287. The molecule has 0 aliphatic carbocycles. The number of hydrogen-bond acceptors (Lipinski definition) is 12. The summed E-state index contributed by atoms with van der Waals surface area (Å²) in [5.74, 6) is 8.23. The lowest BCUT2D eigenvalue weighted by Gasteiger charge is -2.47. The van der Waals surface area contributed by atoms with Gasteiger partial charge in [-0.15, -0.1) is 0 Å². The van der Waals surface area contributed by atoms with Crippen LogP contribution in [0.3, 0.4) is 0 Å². The molecule has 8 aromatic carbocycles. The molecule has 4 amide bonds. The van der Waals surface area contributed by atoms with E-state index < -0.39 is 30.7 Å². The normalized spacial score (nSPS) is 16.7. The van der Waals surface area contributed by atoms with E-state index in [2.05, 4.69) is 133 Å². The standard InChI is InChI=1S/C32H34ClN5O3.C32H33ClN4O3.C12H12NO2P/c1-20-18-37(21(2)17-36(20)29(22-11-7-5-8-12-22)23-13-9-6-10-14-23)31(40)25-15-24-26(30(39)32(41)35(3)4)19-38(34)28(24)16-27(25)33;1-20-19-37(21(2)18-36(20)29(22-11-7-5-8-12-22)23-13-9-6-10-14-23)31(39)25-15-24-26(30(38)32(40)35(3)4)17-34-28(24)16-27(25)33;13-15-16(14,11-7-3-1-4-8-11)12-9-5-2-6-10-12/h5-16,19-21,29H,17-18,34H2,1-4H3;5-17,20-21,29,34H,18-19H2,1-4H3;1-10H,13H2/t2*20-,21+;/m00./s1. The van der Waals surface area contributed by atoms with Gasteiger partial charge >= 0.3 is 0 Å². The van der Waals surface area contributed by atoms with E-state index in [1.807, 2.05) is 77.4 Å². The van der Waals surface area contributed by atoms with E-state index in [-0.39, 0.29) is 69.8 Å². The number of fused-ring (bicyclic) bond motifs is 2. The largest absolute Gasteiger partial charge is 0.360 e. The van der Waals surface area contributed by atoms with E-state index in [4.69, 9.17) is 39.6 Å². The van der Waals surface area contributed by atoms with E-state index in [9.17, 15) is 33.3 Å². The zero-order valence-electron chi connectivity index (χ0n) is 55.3. The molecule has 2 aliphatic rings. The van der Waals surface area contributed by atoms with E-state index in [0.717, 1.165) is 0 Å². The summed E-state index contributed by atoms with van der Waals surface area (Å²) in [7, 11) is 2.95. The molecule has 0 spiro atoms. The van der Waals surface area contributed by atoms with Crippen molar-refractivity contribution in [2.24, 2.45) is 5.90 Å². The van der Waals surface area contributed by atoms with Crippen molar-refractivity contribution in [3.63, 3.8) is 0 Å². The summed E-state index contributed by atoms with van der Waals surface area (Å²) < 4.78 is 18.7. The molecule has 5 N–H and O–H groups in total. The van der Waals surface area contributed by atoms with Gasteiger partial charge in [0.05, 0.1) is 49.9 Å². The van der Waals surface area contributed by atoms with E-state index >= 15 is 0 Å². The highest BCUT2D eigenvalue weighted by molar-refractivity contribution is 7.74. The number of likely N-dealkylation sites (N-methyl/N-ethyl adjacent to an activating group) is 2. The molecule has 10 aromatic rings. The maximum atomic E-state index is 14.0. The number of rotatable bonds is 15. The van der Waals surface area contributed by atoms with Gasteiger partial charge in [0.25, 0.3) is 42.6 Å². The maximum Gasteiger partial charge on any atom is 0.294 e. The summed E-state index contributed by atoms with van der Waals surface area (Å²) in [4.78, 5) is 92.5. The van der Waals surface area contributed by atoms with Crippen LogP contribution in [0.2, 0.25) is 10.0 Å². The van der Waals surface area contributed by atoms with Crippen molar-refractivity contribution in [1.29, 1.82) is 0 Å². The Hall–Kier alpha value is -9.49. The molecule has 21 heteroatoms. The molecule has 4 heterocycles. The van der Waals surface area contributed by atoms with Crippen LogP contribution in [-0.4, -0.2) is 153 Å². The number of amides is 4. The maximum absolute atomic E-state index is 14.0. The van der Waals surface area contributed by atoms with Crippen LogP contribution < -0.4 is 22.3 Å². The lowest BCUT2D eigenvalue weighted by molar-refractivity contribution is -0.124. The number of nitrogens with two attached hydrogens (primary N) is 2. The Balaban J connectivity index is 0.000000172. The highest BCUT2D eigenvalue weighted by atomic mass is 35.5. The first kappa shape index (κ1) is 70.3. The number of nitrogens with zero attached hydrogens (tertiary/aromatic N) is 7. The van der Waals surface area contributed by atoms with Gasteiger partial charge in [-0.2, -0.15) is 0 Å². The molecule has 97 heavy (non-hydrogen) atoms. The summed E-state index contributed by atoms with van der Waals surface area (Å²) in [6, 6.07) is 66.1. The summed E-state index contributed by atoms with van der Waals surface area (Å²) >= 11 is 13.2. The molecule has 4 atom stereocenters. The van der Waals surface area contributed by atoms with Crippen molar-refractivity contribution < 1.29 is 38.0 Å². The third kappa shape index (κ3) is 15.1. The Morgan fingerprint density at radius 3 is 1.21 bits per heavy atom. The molecule has 0 radical (unpaired) electrons. The lowest BCUT2D eigenvalue weighted by Crippen LogP contribution is -2.58. The van der Waals surface area contributed by atoms with Crippen molar-refractivity contribution in [2.75, 3.05) is 60.2 Å². The van der Waals surface area contributed by atoms with Crippen LogP contribution >= 0.6 is 30.6 Å². The molecule has 18 nitrogen and oxygen atoms in total. The van der Waals surface area contributed by atoms with Gasteiger partial charge < -0.3 is 30.4 Å². The van der Waals surface area contributed by atoms with Crippen LogP contribution in [0, 0.1) is 0 Å². The number of halogens is 2. The fourth-order valence-electron chi connectivity index (χ4n) is 12.9. The Kier molecular flexibility index (Phi) is 22.3. The number of ketones is 2. The summed E-state index contributed by atoms with van der Waals surface area (Å²) in [5.41, 5.74) is 6.80. The molecule has 0 unspecified atom stereocenters. The predicted molar refractivity (Wildman–Crippen MR) is 384 cm³/mol. The molecule has 500 valence electrons. The second-order valence-corrected chi connectivity index (χ2v) is 28.1. The number of nitrogens with one attached hydrogen (secondary N) is 1. The molecule has 2 fully saturated rings. The van der Waals surface area contributed by atoms with Crippen molar-refractivity contribution >= 4 is 98.2 Å². The monoisotopic (exact) mass is 1360 g/mol. The third-order valence-corrected chi connectivity index (χ3v) is 20.8. The van der Waals surface area contributed by atoms with Crippen molar-refractivity contribution in [1.82, 2.24) is 39.1 Å². The van der Waals surface area contributed by atoms with Crippen molar-refractivity contribution in [2.45, 2.75) is 63.9 Å². The molecule has 12 rings (SSSR count). The van der Waals surface area contributed by atoms with Gasteiger partial charge in [-0.05, 0) is 98.5 Å². The molecule has 0 saturated carbocycles. The number of benzene rings is 8. The minimum absolute atomic E-state index is 0.0409. The predicted octanol–water partition coefficient (Wildman–Crippen LogP) is 11.8. The Labute approximate surface area is 575 Å². The van der Waals surface area contributed by atoms with Gasteiger partial charge in [-0.3, -0.25) is 47.8 Å². The number of hydrogen-bond donors (Lipinski definition) is 3. The van der Waals surface area contributed by atoms with Crippen LogP contribution in [0.4, 0.5) is 0 Å². The third-order valence-electron chi connectivity index (χ3n) is 17.9. The molecule has 2 aromatic heterocycles. The molecular weight excluding hydrogens is 1280 g/mol. The average molecular weight is 1360 g/mol. The number of aromatic nitrogens is 2. The summed E-state index contributed by atoms with van der Waals surface area (Å²) in [5, 5.41) is 2.64. The lowest BCUT2D eigenvalue weighted by atomic mass is 9.93. The minimum atomic E-state index is -3.13. The van der Waals surface area contributed by atoms with Gasteiger partial charge in [0.2, 0.25) is 0 Å². The fraction of sp³-hybridized carbons (Fsp3) is 0.237. The van der Waals surface area contributed by atoms with Gasteiger partial charge in [-0.25, -0.2) is 10.5 Å². The van der Waals surface area contributed by atoms with Crippen LogP contribution in [-0.2, 0) is 18.8 Å². The summed E-state index contributed by atoms with van der Waals surface area (Å²) in [6.07, 6.45) is 2.89. The molecule has 2 aliphatic heterocycles. The fourth-order valence-corrected chi connectivity index (χ4v) is 15.0. The Bertz CT molecular complexity index is 4380. The van der Waals surface area contributed by atoms with Gasteiger partial charge in [0, 0.05) is 118 Å². The SMILES string of the molecule is C[C@@H]1CN(C(c2ccccc2)c2ccccc2)[C@@H](C)CN1C(=O)c1cc2c(C(=O)C(=O)N(C)C)c[nH]c2cc1Cl.C[C@@H]1CN(C(c2ccccc2)c2ccccc2)[C@@H](C)CN1C(=O)c1cc2c(C(=O)C(=O)N(C)C)cn(N)c2cc1Cl.NOP(=O)(c1ccccc1)c1ccccc1. The van der Waals surface area contributed by atoms with Crippen LogP contribution in [0.5, 0.6) is 0 Å². The van der Waals surface area contributed by atoms with Crippen molar-refractivity contribution in [3.8, 4) is 0 Å². The van der Waals surface area contributed by atoms with Gasteiger partial charge in [0.15, 0.2) is 0 Å². The number of aromatic amines is 1.